The molecule has 0 amide bonds. The molecule has 198 valence electrons. The van der Waals surface area contributed by atoms with E-state index in [4.69, 9.17) is 5.11 Å². The van der Waals surface area contributed by atoms with Crippen LogP contribution in [0.1, 0.15) is 111 Å². The molecule has 0 aromatic rings. The van der Waals surface area contributed by atoms with Crippen LogP contribution in [0.15, 0.2) is 12.2 Å². The lowest BCUT2D eigenvalue weighted by Crippen LogP contribution is -2.29. The summed E-state index contributed by atoms with van der Waals surface area (Å²) in [6.07, 6.45) is 15.9. The molecule has 5 unspecified atom stereocenters. The highest BCUT2D eigenvalue weighted by molar-refractivity contribution is 5.87. The largest absolute Gasteiger partial charge is 0.481 e. The van der Waals surface area contributed by atoms with Crippen LogP contribution < -0.4 is 0 Å². The molecule has 2 N–H and O–H groups in total. The maximum Gasteiger partial charge on any atom is 0.309 e. The highest BCUT2D eigenvalue weighted by atomic mass is 16.4. The zero-order chi connectivity index (χ0) is 26.0. The molecule has 2 fully saturated rings. The number of rotatable bonds is 14. The van der Waals surface area contributed by atoms with E-state index in [0.717, 1.165) is 77.0 Å². The number of aliphatic carboxylic acids is 2. The Morgan fingerprint density at radius 2 is 1.34 bits per heavy atom. The number of Topliss-reactive ketones (excluding diaryl/α,β-unsaturated/α-hetero) is 2. The van der Waals surface area contributed by atoms with Crippen LogP contribution in [-0.4, -0.2) is 33.7 Å². The first-order valence-corrected chi connectivity index (χ1v) is 13.7. The Kier molecular flexibility index (Phi) is 11.6. The van der Waals surface area contributed by atoms with Gasteiger partial charge in [0.1, 0.15) is 11.6 Å². The lowest BCUT2D eigenvalue weighted by molar-refractivity contribution is -0.147. The van der Waals surface area contributed by atoms with Gasteiger partial charge in [0.05, 0.1) is 11.3 Å². The summed E-state index contributed by atoms with van der Waals surface area (Å²) in [6, 6.07) is 0. The molecular weight excluding hydrogens is 444 g/mol. The summed E-state index contributed by atoms with van der Waals surface area (Å²) >= 11 is 0. The van der Waals surface area contributed by atoms with Crippen LogP contribution in [0.5, 0.6) is 0 Å². The van der Waals surface area contributed by atoms with Gasteiger partial charge in [0.15, 0.2) is 0 Å². The number of ketones is 2. The maximum absolute atomic E-state index is 13.0. The first-order chi connectivity index (χ1) is 16.5. The molecule has 2 aliphatic rings. The minimum absolute atomic E-state index is 0.0503. The second-order valence-electron chi connectivity index (χ2n) is 11.6. The van der Waals surface area contributed by atoms with Gasteiger partial charge in [-0.25, -0.2) is 0 Å². The van der Waals surface area contributed by atoms with Crippen molar-refractivity contribution in [1.29, 1.82) is 0 Å². The Morgan fingerprint density at radius 3 is 1.80 bits per heavy atom. The van der Waals surface area contributed by atoms with Gasteiger partial charge < -0.3 is 10.2 Å². The van der Waals surface area contributed by atoms with E-state index in [1.54, 1.807) is 20.8 Å². The Bertz CT molecular complexity index is 767. The van der Waals surface area contributed by atoms with Crippen LogP contribution in [0.3, 0.4) is 0 Å². The Balaban J connectivity index is 1.79. The third-order valence-electron chi connectivity index (χ3n) is 8.29. The van der Waals surface area contributed by atoms with E-state index in [1.165, 1.54) is 0 Å². The van der Waals surface area contributed by atoms with Crippen LogP contribution in [0.4, 0.5) is 0 Å². The SMILES string of the molecule is CC(CCCCC1CCCC(/C=C\C2CCCC(CCCCC(C)(C)C(=O)O)C2=O)C1=O)C(=O)O. The summed E-state index contributed by atoms with van der Waals surface area (Å²) in [4.78, 5) is 48.3. The average Bonchev–Trinajstić information content (AvgIpc) is 2.80. The molecule has 2 rings (SSSR count). The minimum Gasteiger partial charge on any atom is -0.481 e. The van der Waals surface area contributed by atoms with Gasteiger partial charge in [0.2, 0.25) is 0 Å². The Hall–Kier alpha value is -1.98. The van der Waals surface area contributed by atoms with Crippen molar-refractivity contribution in [2.24, 2.45) is 35.0 Å². The summed E-state index contributed by atoms with van der Waals surface area (Å²) < 4.78 is 0. The molecule has 0 spiro atoms. The lowest BCUT2D eigenvalue weighted by atomic mass is 9.75. The van der Waals surface area contributed by atoms with Crippen molar-refractivity contribution in [3.05, 3.63) is 12.2 Å². The summed E-state index contributed by atoms with van der Waals surface area (Å²) in [5.41, 5.74) is -0.719. The van der Waals surface area contributed by atoms with Gasteiger partial charge in [-0.2, -0.15) is 0 Å². The second kappa shape index (κ2) is 13.9. The fourth-order valence-electron chi connectivity index (χ4n) is 5.60. The van der Waals surface area contributed by atoms with Crippen molar-refractivity contribution in [2.75, 3.05) is 0 Å². The molecule has 5 atom stereocenters. The van der Waals surface area contributed by atoms with Crippen molar-refractivity contribution in [3.8, 4) is 0 Å². The van der Waals surface area contributed by atoms with Gasteiger partial charge in [0.25, 0.3) is 0 Å². The van der Waals surface area contributed by atoms with Crippen LogP contribution in [0.25, 0.3) is 0 Å². The summed E-state index contributed by atoms with van der Waals surface area (Å²) in [5, 5.41) is 18.3. The third-order valence-corrected chi connectivity index (χ3v) is 8.29. The fraction of sp³-hybridized carbons (Fsp3) is 0.793. The van der Waals surface area contributed by atoms with Crippen LogP contribution in [0, 0.1) is 35.0 Å². The lowest BCUT2D eigenvalue weighted by Gasteiger charge is -2.28. The molecule has 2 aliphatic carbocycles. The van der Waals surface area contributed by atoms with Crippen molar-refractivity contribution in [2.45, 2.75) is 111 Å². The molecular formula is C29H46O6. The normalized spacial score (nSPS) is 26.7. The first-order valence-electron chi connectivity index (χ1n) is 13.7. The van der Waals surface area contributed by atoms with Crippen molar-refractivity contribution in [1.82, 2.24) is 0 Å². The van der Waals surface area contributed by atoms with E-state index in [0.29, 0.717) is 18.6 Å². The molecule has 6 nitrogen and oxygen atoms in total. The highest BCUT2D eigenvalue weighted by Crippen LogP contribution is 2.34. The predicted molar refractivity (Wildman–Crippen MR) is 136 cm³/mol. The van der Waals surface area contributed by atoms with E-state index in [1.807, 2.05) is 12.2 Å². The topological polar surface area (TPSA) is 109 Å². The van der Waals surface area contributed by atoms with Crippen LogP contribution in [0.2, 0.25) is 0 Å². The van der Waals surface area contributed by atoms with E-state index >= 15 is 0 Å². The van der Waals surface area contributed by atoms with E-state index < -0.39 is 17.4 Å². The number of allylic oxidation sites excluding steroid dienone is 2. The molecule has 0 aromatic carbocycles. The predicted octanol–water partition coefficient (Wildman–Crippen LogP) is 6.47. The van der Waals surface area contributed by atoms with E-state index in [-0.39, 0.29) is 35.4 Å². The molecule has 0 heterocycles. The van der Waals surface area contributed by atoms with Gasteiger partial charge in [-0.3, -0.25) is 19.2 Å². The van der Waals surface area contributed by atoms with Gasteiger partial charge in [-0.15, -0.1) is 0 Å². The van der Waals surface area contributed by atoms with Crippen molar-refractivity contribution in [3.63, 3.8) is 0 Å². The van der Waals surface area contributed by atoms with E-state index in [2.05, 4.69) is 0 Å². The van der Waals surface area contributed by atoms with Crippen LogP contribution >= 0.6 is 0 Å². The quantitative estimate of drug-likeness (QED) is 0.213. The van der Waals surface area contributed by atoms with Gasteiger partial charge in [0, 0.05) is 23.7 Å². The van der Waals surface area contributed by atoms with Gasteiger partial charge in [-0.1, -0.05) is 57.6 Å². The monoisotopic (exact) mass is 490 g/mol. The molecule has 0 aromatic heterocycles. The number of carbonyl (C=O) groups is 4. The van der Waals surface area contributed by atoms with Crippen LogP contribution in [-0.2, 0) is 19.2 Å². The smallest absolute Gasteiger partial charge is 0.309 e. The Morgan fingerprint density at radius 1 is 0.857 bits per heavy atom. The van der Waals surface area contributed by atoms with Crippen molar-refractivity contribution < 1.29 is 29.4 Å². The first kappa shape index (κ1) is 29.3. The number of hydrogen-bond donors (Lipinski definition) is 2. The number of carboxylic acids is 2. The van der Waals surface area contributed by atoms with Gasteiger partial charge in [-0.05, 0) is 65.2 Å². The maximum atomic E-state index is 13.0. The minimum atomic E-state index is -0.774. The zero-order valence-corrected chi connectivity index (χ0v) is 22.0. The molecule has 0 aliphatic heterocycles. The summed E-state index contributed by atoms with van der Waals surface area (Å²) in [6.45, 7) is 5.23. The molecule has 35 heavy (non-hydrogen) atoms. The number of carboxylic acid groups (broad SMARTS) is 2. The average molecular weight is 491 g/mol. The molecule has 2 saturated carbocycles. The number of carbonyl (C=O) groups excluding carboxylic acids is 2. The zero-order valence-electron chi connectivity index (χ0n) is 22.0. The van der Waals surface area contributed by atoms with E-state index in [9.17, 15) is 24.3 Å². The second-order valence-corrected chi connectivity index (χ2v) is 11.6. The third kappa shape index (κ3) is 9.20. The number of hydrogen-bond acceptors (Lipinski definition) is 4. The van der Waals surface area contributed by atoms with Crippen molar-refractivity contribution >= 4 is 23.5 Å². The Labute approximate surface area is 210 Å². The van der Waals surface area contributed by atoms with Gasteiger partial charge >= 0.3 is 11.9 Å². The standard InChI is InChI=1S/C29H46O6/c1-20(27(32)33)10-4-5-11-21-13-8-15-23(25(21)30)17-18-24-16-9-14-22(26(24)31)12-6-7-19-29(2,3)28(34)35/h17-18,20-24H,4-16,19H2,1-3H3,(H,32,33)(H,34,35)/b18-17-. The number of unbranched alkanes of at least 4 members (excludes halogenated alkanes) is 2. The molecule has 6 heteroatoms. The molecule has 0 saturated heterocycles. The summed E-state index contributed by atoms with van der Waals surface area (Å²) in [7, 11) is 0. The molecule has 0 bridgehead atoms. The molecule has 0 radical (unpaired) electrons. The summed E-state index contributed by atoms with van der Waals surface area (Å²) in [5.74, 6) is -1.38. The fourth-order valence-corrected chi connectivity index (χ4v) is 5.60. The highest BCUT2D eigenvalue weighted by Gasteiger charge is 2.32.